The number of imide groups is 1. The fourth-order valence-corrected chi connectivity index (χ4v) is 2.69. The van der Waals surface area contributed by atoms with Crippen molar-refractivity contribution < 1.29 is 9.59 Å². The van der Waals surface area contributed by atoms with E-state index in [0.29, 0.717) is 22.2 Å². The monoisotopic (exact) mass is 318 g/mol. The molecule has 2 rings (SSSR count). The molecule has 19 heavy (non-hydrogen) atoms. The summed E-state index contributed by atoms with van der Waals surface area (Å²) in [6, 6.07) is 3.74. The van der Waals surface area contributed by atoms with Crippen molar-refractivity contribution in [2.24, 2.45) is 0 Å². The third-order valence-corrected chi connectivity index (χ3v) is 3.98. The highest BCUT2D eigenvalue weighted by Crippen LogP contribution is 2.31. The molecule has 0 radical (unpaired) electrons. The van der Waals surface area contributed by atoms with Crippen molar-refractivity contribution in [3.05, 3.63) is 28.2 Å². The predicted octanol–water partition coefficient (Wildman–Crippen LogP) is 3.17. The van der Waals surface area contributed by atoms with Crippen LogP contribution in [0.4, 0.5) is 10.5 Å². The molecule has 1 fully saturated rings. The van der Waals surface area contributed by atoms with E-state index in [1.165, 1.54) is 6.07 Å². The molecule has 1 N–H and O–H groups in total. The number of anilines is 1. The van der Waals surface area contributed by atoms with Gasteiger partial charge in [-0.25, -0.2) is 9.69 Å². The number of carbonyl (C=O) groups is 2. The number of halogens is 2. The molecule has 102 valence electrons. The standard InChI is InChI=1S/C12H12Cl2N2O2S/c1-19-5-4-9-11(17)16(12(18)15-9)10-6-7(13)2-3-8(10)14/h2-3,6,9H,4-5H2,1H3,(H,15,18). The number of hydrogen-bond donors (Lipinski definition) is 1. The maximum atomic E-state index is 12.2. The van der Waals surface area contributed by atoms with E-state index in [1.807, 2.05) is 6.26 Å². The van der Waals surface area contributed by atoms with Gasteiger partial charge < -0.3 is 5.32 Å². The molecule has 0 aromatic heterocycles. The average molecular weight is 319 g/mol. The Bertz CT molecular complexity index is 524. The van der Waals surface area contributed by atoms with Crippen LogP contribution in [0, 0.1) is 0 Å². The first-order valence-corrected chi connectivity index (χ1v) is 7.78. The molecule has 0 bridgehead atoms. The number of nitrogens with one attached hydrogen (secondary N) is 1. The minimum atomic E-state index is -0.491. The van der Waals surface area contributed by atoms with E-state index in [0.717, 1.165) is 10.7 Å². The van der Waals surface area contributed by atoms with Crippen LogP contribution in [0.15, 0.2) is 18.2 Å². The van der Waals surface area contributed by atoms with Gasteiger partial charge >= 0.3 is 6.03 Å². The minimum absolute atomic E-state index is 0.289. The molecule has 1 saturated heterocycles. The highest BCUT2D eigenvalue weighted by molar-refractivity contribution is 7.98. The number of carbonyl (C=O) groups excluding carboxylic acids is 2. The van der Waals surface area contributed by atoms with Gasteiger partial charge in [0.1, 0.15) is 6.04 Å². The molecule has 3 amide bonds. The summed E-state index contributed by atoms with van der Waals surface area (Å²) in [6.45, 7) is 0. The van der Waals surface area contributed by atoms with Gasteiger partial charge in [0.2, 0.25) is 0 Å². The quantitative estimate of drug-likeness (QED) is 0.867. The molecule has 4 nitrogen and oxygen atoms in total. The van der Waals surface area contributed by atoms with E-state index in [1.54, 1.807) is 23.9 Å². The minimum Gasteiger partial charge on any atom is -0.325 e. The van der Waals surface area contributed by atoms with Crippen LogP contribution in [-0.2, 0) is 4.79 Å². The van der Waals surface area contributed by atoms with E-state index in [2.05, 4.69) is 5.32 Å². The molecule has 1 heterocycles. The number of hydrogen-bond acceptors (Lipinski definition) is 3. The molecule has 1 aromatic carbocycles. The van der Waals surface area contributed by atoms with Crippen molar-refractivity contribution in [3.63, 3.8) is 0 Å². The van der Waals surface area contributed by atoms with Crippen LogP contribution in [0.2, 0.25) is 10.0 Å². The molecule has 0 saturated carbocycles. The van der Waals surface area contributed by atoms with Gasteiger partial charge in [-0.2, -0.15) is 11.8 Å². The number of amides is 3. The third-order valence-electron chi connectivity index (χ3n) is 2.78. The SMILES string of the molecule is CSCCC1NC(=O)N(c2cc(Cl)ccc2Cl)C1=O. The van der Waals surface area contributed by atoms with Crippen LogP contribution >= 0.6 is 35.0 Å². The topological polar surface area (TPSA) is 49.4 Å². The van der Waals surface area contributed by atoms with E-state index >= 15 is 0 Å². The molecule has 0 aliphatic carbocycles. The zero-order chi connectivity index (χ0) is 14.0. The summed E-state index contributed by atoms with van der Waals surface area (Å²) in [6.07, 6.45) is 2.55. The summed E-state index contributed by atoms with van der Waals surface area (Å²) in [4.78, 5) is 25.2. The van der Waals surface area contributed by atoms with E-state index in [4.69, 9.17) is 23.2 Å². The van der Waals surface area contributed by atoms with Crippen LogP contribution < -0.4 is 10.2 Å². The van der Waals surface area contributed by atoms with Crippen LogP contribution in [-0.4, -0.2) is 30.0 Å². The second-order valence-corrected chi connectivity index (χ2v) is 5.88. The average Bonchev–Trinajstić information content (AvgIpc) is 2.65. The molecular formula is C12H12Cl2N2O2S. The summed E-state index contributed by atoms with van der Waals surface area (Å²) in [5.41, 5.74) is 0.323. The van der Waals surface area contributed by atoms with E-state index in [-0.39, 0.29) is 5.91 Å². The van der Waals surface area contributed by atoms with Crippen molar-refractivity contribution in [2.45, 2.75) is 12.5 Å². The lowest BCUT2D eigenvalue weighted by molar-refractivity contribution is -0.118. The smallest absolute Gasteiger partial charge is 0.325 e. The second kappa shape index (κ2) is 6.03. The van der Waals surface area contributed by atoms with E-state index in [9.17, 15) is 9.59 Å². The van der Waals surface area contributed by atoms with Gasteiger partial charge in [-0.1, -0.05) is 23.2 Å². The molecule has 7 heteroatoms. The first kappa shape index (κ1) is 14.5. The third kappa shape index (κ3) is 2.99. The molecule has 0 spiro atoms. The van der Waals surface area contributed by atoms with Gasteiger partial charge in [-0.05, 0) is 36.6 Å². The van der Waals surface area contributed by atoms with Crippen LogP contribution in [0.5, 0.6) is 0 Å². The largest absolute Gasteiger partial charge is 0.329 e. The Morgan fingerprint density at radius 3 is 2.79 bits per heavy atom. The van der Waals surface area contributed by atoms with Gasteiger partial charge in [0.15, 0.2) is 0 Å². The predicted molar refractivity (Wildman–Crippen MR) is 79.3 cm³/mol. The van der Waals surface area contributed by atoms with Crippen LogP contribution in [0.1, 0.15) is 6.42 Å². The number of benzene rings is 1. The Morgan fingerprint density at radius 2 is 2.11 bits per heavy atom. The number of nitrogens with zero attached hydrogens (tertiary/aromatic N) is 1. The normalized spacial score (nSPS) is 18.9. The molecule has 1 aliphatic heterocycles. The highest BCUT2D eigenvalue weighted by atomic mass is 35.5. The van der Waals surface area contributed by atoms with Crippen molar-refractivity contribution in [1.82, 2.24) is 5.32 Å². The Morgan fingerprint density at radius 1 is 1.37 bits per heavy atom. The number of urea groups is 1. The molecule has 1 aromatic rings. The fraction of sp³-hybridized carbons (Fsp3) is 0.333. The first-order valence-electron chi connectivity index (χ1n) is 5.63. The summed E-state index contributed by atoms with van der Waals surface area (Å²) in [5, 5.41) is 3.40. The number of rotatable bonds is 4. The summed E-state index contributed by atoms with van der Waals surface area (Å²) in [7, 11) is 0. The molecule has 1 aliphatic rings. The van der Waals surface area contributed by atoms with Crippen molar-refractivity contribution in [3.8, 4) is 0 Å². The van der Waals surface area contributed by atoms with E-state index < -0.39 is 12.1 Å². The zero-order valence-corrected chi connectivity index (χ0v) is 12.5. The Hall–Kier alpha value is -0.910. The lowest BCUT2D eigenvalue weighted by Crippen LogP contribution is -2.31. The Balaban J connectivity index is 2.27. The Kier molecular flexibility index (Phi) is 4.60. The fourth-order valence-electron chi connectivity index (χ4n) is 1.85. The molecule has 1 atom stereocenters. The van der Waals surface area contributed by atoms with Gasteiger partial charge in [-0.3, -0.25) is 4.79 Å². The van der Waals surface area contributed by atoms with Crippen molar-refractivity contribution in [1.29, 1.82) is 0 Å². The zero-order valence-electron chi connectivity index (χ0n) is 10.2. The first-order chi connectivity index (χ1) is 9.04. The lowest BCUT2D eigenvalue weighted by atomic mass is 10.2. The van der Waals surface area contributed by atoms with Gasteiger partial charge in [-0.15, -0.1) is 0 Å². The van der Waals surface area contributed by atoms with Crippen molar-refractivity contribution in [2.75, 3.05) is 16.9 Å². The Labute approximate surface area is 125 Å². The maximum absolute atomic E-state index is 12.2. The maximum Gasteiger partial charge on any atom is 0.329 e. The van der Waals surface area contributed by atoms with Gasteiger partial charge in [0.05, 0.1) is 10.7 Å². The molecule has 1 unspecified atom stereocenters. The summed E-state index contributed by atoms with van der Waals surface area (Å²) in [5.74, 6) is 0.511. The summed E-state index contributed by atoms with van der Waals surface area (Å²) < 4.78 is 0. The summed E-state index contributed by atoms with van der Waals surface area (Å²) >= 11 is 13.5. The lowest BCUT2D eigenvalue weighted by Gasteiger charge is -2.14. The second-order valence-electron chi connectivity index (χ2n) is 4.05. The van der Waals surface area contributed by atoms with Crippen molar-refractivity contribution >= 4 is 52.6 Å². The molecular weight excluding hydrogens is 307 g/mol. The van der Waals surface area contributed by atoms with Crippen LogP contribution in [0.3, 0.4) is 0 Å². The van der Waals surface area contributed by atoms with Gasteiger partial charge in [0.25, 0.3) is 5.91 Å². The number of thioether (sulfide) groups is 1. The van der Waals surface area contributed by atoms with Crippen LogP contribution in [0.25, 0.3) is 0 Å². The highest BCUT2D eigenvalue weighted by Gasteiger charge is 2.39. The van der Waals surface area contributed by atoms with Gasteiger partial charge in [0, 0.05) is 5.02 Å².